The van der Waals surface area contributed by atoms with Crippen molar-refractivity contribution in [2.24, 2.45) is 5.92 Å². The lowest BCUT2D eigenvalue weighted by Crippen LogP contribution is -2.40. The molecule has 98 valence electrons. The van der Waals surface area contributed by atoms with Crippen LogP contribution >= 0.6 is 0 Å². The molecule has 0 aromatic rings. The normalized spacial score (nSPS) is 14.8. The standard InChI is InChI=1S/C14H26N2O/c1-5-12(6-2)10-16(7-3)14(17)11(4)13-8-15-9-13/h12,15H,5-10H2,1-4H3. The van der Waals surface area contributed by atoms with Crippen molar-refractivity contribution in [1.82, 2.24) is 10.2 Å². The summed E-state index contributed by atoms with van der Waals surface area (Å²) in [6.45, 7) is 11.9. The molecule has 0 unspecified atom stereocenters. The first-order chi connectivity index (χ1) is 8.13. The summed E-state index contributed by atoms with van der Waals surface area (Å²) >= 11 is 0. The lowest BCUT2D eigenvalue weighted by atomic mass is 10.0. The second-order valence-corrected chi connectivity index (χ2v) is 4.86. The topological polar surface area (TPSA) is 32.3 Å². The zero-order valence-electron chi connectivity index (χ0n) is 11.7. The van der Waals surface area contributed by atoms with Gasteiger partial charge >= 0.3 is 0 Å². The van der Waals surface area contributed by atoms with Crippen LogP contribution in [0.5, 0.6) is 0 Å². The number of rotatable bonds is 6. The molecule has 0 bridgehead atoms. The Bertz CT molecular complexity index is 287. The van der Waals surface area contributed by atoms with Crippen molar-refractivity contribution in [3.05, 3.63) is 11.1 Å². The molecule has 0 aliphatic carbocycles. The second-order valence-electron chi connectivity index (χ2n) is 4.86. The van der Waals surface area contributed by atoms with Crippen molar-refractivity contribution >= 4 is 5.91 Å². The number of likely N-dealkylation sites (N-methyl/N-ethyl adjacent to an activating group) is 1. The van der Waals surface area contributed by atoms with E-state index < -0.39 is 0 Å². The van der Waals surface area contributed by atoms with E-state index in [0.29, 0.717) is 5.92 Å². The fourth-order valence-electron chi connectivity index (χ4n) is 2.12. The maximum absolute atomic E-state index is 12.3. The fraction of sp³-hybridized carbons (Fsp3) is 0.786. The van der Waals surface area contributed by atoms with E-state index in [1.807, 2.05) is 11.8 Å². The molecule has 1 aliphatic rings. The van der Waals surface area contributed by atoms with Gasteiger partial charge in [0, 0.05) is 31.8 Å². The molecule has 3 nitrogen and oxygen atoms in total. The van der Waals surface area contributed by atoms with E-state index in [1.165, 1.54) is 5.57 Å². The molecular weight excluding hydrogens is 212 g/mol. The van der Waals surface area contributed by atoms with Crippen LogP contribution in [0.2, 0.25) is 0 Å². The van der Waals surface area contributed by atoms with Crippen LogP contribution in [0.1, 0.15) is 40.5 Å². The summed E-state index contributed by atoms with van der Waals surface area (Å²) < 4.78 is 0. The number of hydrogen-bond acceptors (Lipinski definition) is 2. The minimum absolute atomic E-state index is 0.232. The van der Waals surface area contributed by atoms with Gasteiger partial charge in [-0.25, -0.2) is 0 Å². The molecule has 0 radical (unpaired) electrons. The minimum atomic E-state index is 0.232. The van der Waals surface area contributed by atoms with Crippen LogP contribution < -0.4 is 5.32 Å². The lowest BCUT2D eigenvalue weighted by Gasteiger charge is -2.28. The first kappa shape index (κ1) is 14.2. The van der Waals surface area contributed by atoms with Crippen molar-refractivity contribution in [1.29, 1.82) is 0 Å². The van der Waals surface area contributed by atoms with Crippen LogP contribution in [0.15, 0.2) is 11.1 Å². The zero-order chi connectivity index (χ0) is 12.8. The lowest BCUT2D eigenvalue weighted by molar-refractivity contribution is -0.127. The molecule has 0 spiro atoms. The van der Waals surface area contributed by atoms with Crippen LogP contribution in [0.3, 0.4) is 0 Å². The summed E-state index contributed by atoms with van der Waals surface area (Å²) in [4.78, 5) is 14.3. The third-order valence-electron chi connectivity index (χ3n) is 3.83. The molecule has 0 atom stereocenters. The molecule has 1 rings (SSSR count). The Balaban J connectivity index is 2.63. The monoisotopic (exact) mass is 238 g/mol. The highest BCUT2D eigenvalue weighted by Crippen LogP contribution is 2.15. The number of carbonyl (C=O) groups is 1. The number of amides is 1. The Labute approximate surface area is 105 Å². The van der Waals surface area contributed by atoms with Gasteiger partial charge in [0.2, 0.25) is 5.91 Å². The summed E-state index contributed by atoms with van der Waals surface area (Å²) in [5, 5.41) is 3.19. The van der Waals surface area contributed by atoms with Crippen LogP contribution in [0.25, 0.3) is 0 Å². The maximum Gasteiger partial charge on any atom is 0.249 e. The molecule has 1 fully saturated rings. The first-order valence-electron chi connectivity index (χ1n) is 6.82. The Morgan fingerprint density at radius 1 is 1.29 bits per heavy atom. The van der Waals surface area contributed by atoms with E-state index in [2.05, 4.69) is 26.1 Å². The summed E-state index contributed by atoms with van der Waals surface area (Å²) in [5.41, 5.74) is 2.23. The minimum Gasteiger partial charge on any atom is -0.339 e. The summed E-state index contributed by atoms with van der Waals surface area (Å²) in [5.74, 6) is 0.868. The Hall–Kier alpha value is -0.830. The molecule has 1 saturated heterocycles. The van der Waals surface area contributed by atoms with Gasteiger partial charge in [0.1, 0.15) is 0 Å². The van der Waals surface area contributed by atoms with Gasteiger partial charge in [-0.1, -0.05) is 26.7 Å². The molecule has 0 aromatic heterocycles. The van der Waals surface area contributed by atoms with Gasteiger partial charge in [-0.05, 0) is 25.3 Å². The predicted molar refractivity (Wildman–Crippen MR) is 71.9 cm³/mol. The van der Waals surface area contributed by atoms with E-state index in [9.17, 15) is 4.79 Å². The third-order valence-corrected chi connectivity index (χ3v) is 3.83. The smallest absolute Gasteiger partial charge is 0.249 e. The van der Waals surface area contributed by atoms with Gasteiger partial charge in [-0.2, -0.15) is 0 Å². The van der Waals surface area contributed by atoms with Crippen LogP contribution in [-0.4, -0.2) is 37.0 Å². The Kier molecular flexibility index (Phi) is 5.69. The van der Waals surface area contributed by atoms with Gasteiger partial charge in [0.15, 0.2) is 0 Å². The van der Waals surface area contributed by atoms with Gasteiger partial charge in [-0.15, -0.1) is 0 Å². The van der Waals surface area contributed by atoms with Gasteiger partial charge < -0.3 is 10.2 Å². The third kappa shape index (κ3) is 3.56. The maximum atomic E-state index is 12.3. The van der Waals surface area contributed by atoms with Gasteiger partial charge in [0.05, 0.1) is 0 Å². The molecule has 1 amide bonds. The second kappa shape index (κ2) is 6.80. The number of nitrogens with one attached hydrogen (secondary N) is 1. The van der Waals surface area contributed by atoms with Crippen molar-refractivity contribution in [3.8, 4) is 0 Å². The van der Waals surface area contributed by atoms with E-state index in [0.717, 1.165) is 44.6 Å². The number of hydrogen-bond donors (Lipinski definition) is 1. The highest BCUT2D eigenvalue weighted by atomic mass is 16.2. The number of nitrogens with zero attached hydrogens (tertiary/aromatic N) is 1. The Morgan fingerprint density at radius 3 is 2.24 bits per heavy atom. The summed E-state index contributed by atoms with van der Waals surface area (Å²) in [6, 6.07) is 0. The highest BCUT2D eigenvalue weighted by molar-refractivity contribution is 5.94. The van der Waals surface area contributed by atoms with Crippen molar-refractivity contribution in [2.75, 3.05) is 26.2 Å². The fourth-order valence-corrected chi connectivity index (χ4v) is 2.12. The van der Waals surface area contributed by atoms with Crippen molar-refractivity contribution in [3.63, 3.8) is 0 Å². The van der Waals surface area contributed by atoms with Crippen LogP contribution in [-0.2, 0) is 4.79 Å². The molecule has 0 saturated carbocycles. The molecule has 1 aliphatic heterocycles. The highest BCUT2D eigenvalue weighted by Gasteiger charge is 2.21. The summed E-state index contributed by atoms with van der Waals surface area (Å²) in [7, 11) is 0. The average molecular weight is 238 g/mol. The Morgan fingerprint density at radius 2 is 1.88 bits per heavy atom. The zero-order valence-corrected chi connectivity index (χ0v) is 11.7. The van der Waals surface area contributed by atoms with E-state index in [-0.39, 0.29) is 5.91 Å². The molecular formula is C14H26N2O. The van der Waals surface area contributed by atoms with Gasteiger partial charge in [0.25, 0.3) is 0 Å². The SMILES string of the molecule is CCC(CC)CN(CC)C(=O)C(C)=C1CNC1. The molecule has 1 heterocycles. The van der Waals surface area contributed by atoms with E-state index >= 15 is 0 Å². The molecule has 1 N–H and O–H groups in total. The summed E-state index contributed by atoms with van der Waals surface area (Å²) in [6.07, 6.45) is 2.30. The van der Waals surface area contributed by atoms with Crippen molar-refractivity contribution in [2.45, 2.75) is 40.5 Å². The van der Waals surface area contributed by atoms with Crippen LogP contribution in [0, 0.1) is 5.92 Å². The molecule has 17 heavy (non-hydrogen) atoms. The average Bonchev–Trinajstić information content (AvgIpc) is 2.27. The van der Waals surface area contributed by atoms with Crippen molar-refractivity contribution < 1.29 is 4.79 Å². The van der Waals surface area contributed by atoms with Gasteiger partial charge in [-0.3, -0.25) is 4.79 Å². The van der Waals surface area contributed by atoms with E-state index in [4.69, 9.17) is 0 Å². The largest absolute Gasteiger partial charge is 0.339 e. The van der Waals surface area contributed by atoms with E-state index in [1.54, 1.807) is 0 Å². The quantitative estimate of drug-likeness (QED) is 0.719. The van der Waals surface area contributed by atoms with Crippen LogP contribution in [0.4, 0.5) is 0 Å². The molecule has 3 heteroatoms. The predicted octanol–water partition coefficient (Wildman–Crippen LogP) is 2.19. The molecule has 0 aromatic carbocycles. The first-order valence-corrected chi connectivity index (χ1v) is 6.82. The number of carbonyl (C=O) groups excluding carboxylic acids is 1.